The van der Waals surface area contributed by atoms with E-state index in [9.17, 15) is 9.59 Å². The summed E-state index contributed by atoms with van der Waals surface area (Å²) in [5, 5.41) is 3.57. The quantitative estimate of drug-likeness (QED) is 0.942. The molecule has 2 amide bonds. The summed E-state index contributed by atoms with van der Waals surface area (Å²) >= 11 is 1.57. The molecule has 0 spiro atoms. The molecule has 1 aromatic carbocycles. The Labute approximate surface area is 138 Å². The van der Waals surface area contributed by atoms with Crippen molar-refractivity contribution < 1.29 is 9.59 Å². The Morgan fingerprint density at radius 1 is 1.26 bits per heavy atom. The van der Waals surface area contributed by atoms with Crippen molar-refractivity contribution in [1.82, 2.24) is 4.98 Å². The van der Waals surface area contributed by atoms with Gasteiger partial charge in [-0.15, -0.1) is 11.3 Å². The van der Waals surface area contributed by atoms with E-state index in [1.165, 1.54) is 4.88 Å². The summed E-state index contributed by atoms with van der Waals surface area (Å²) < 4.78 is 0. The highest BCUT2D eigenvalue weighted by molar-refractivity contribution is 7.15. The lowest BCUT2D eigenvalue weighted by molar-refractivity contribution is -0.122. The predicted octanol–water partition coefficient (Wildman–Crippen LogP) is 2.62. The highest BCUT2D eigenvalue weighted by Gasteiger charge is 2.35. The number of thiazole rings is 1. The van der Waals surface area contributed by atoms with Crippen LogP contribution in [0, 0.1) is 5.92 Å². The maximum atomic E-state index is 12.4. The molecular formula is C17H17N3O2S. The number of hydrogen-bond acceptors (Lipinski definition) is 4. The molecule has 0 saturated carbocycles. The van der Waals surface area contributed by atoms with Crippen LogP contribution in [-0.2, 0) is 22.4 Å². The molecule has 1 saturated heterocycles. The van der Waals surface area contributed by atoms with Gasteiger partial charge in [0.05, 0.1) is 11.6 Å². The Balaban J connectivity index is 1.44. The van der Waals surface area contributed by atoms with Crippen molar-refractivity contribution in [2.45, 2.75) is 25.7 Å². The summed E-state index contributed by atoms with van der Waals surface area (Å²) in [5.74, 6) is -0.427. The number of aromatic nitrogens is 1. The lowest BCUT2D eigenvalue weighted by Gasteiger charge is -2.16. The molecule has 2 aliphatic rings. The Kier molecular flexibility index (Phi) is 3.61. The van der Waals surface area contributed by atoms with E-state index in [0.717, 1.165) is 30.6 Å². The van der Waals surface area contributed by atoms with Gasteiger partial charge in [-0.3, -0.25) is 9.59 Å². The highest BCUT2D eigenvalue weighted by Crippen LogP contribution is 2.31. The summed E-state index contributed by atoms with van der Waals surface area (Å²) in [4.78, 5) is 32.1. The van der Waals surface area contributed by atoms with Gasteiger partial charge in [-0.05, 0) is 31.4 Å². The molecule has 1 N–H and O–H groups in total. The lowest BCUT2D eigenvalue weighted by atomic mass is 10.1. The van der Waals surface area contributed by atoms with Crippen molar-refractivity contribution in [2.24, 2.45) is 5.92 Å². The SMILES string of the molecule is O=C(Nc1nc2c(s1)CCC2)C1CC(=O)N(c2ccccc2)C1. The molecule has 2 aromatic rings. The number of carbonyl (C=O) groups is 2. The van der Waals surface area contributed by atoms with Gasteiger partial charge >= 0.3 is 0 Å². The van der Waals surface area contributed by atoms with Crippen molar-refractivity contribution in [3.05, 3.63) is 40.9 Å². The molecule has 23 heavy (non-hydrogen) atoms. The van der Waals surface area contributed by atoms with Gasteiger partial charge in [0.25, 0.3) is 0 Å². The average molecular weight is 327 g/mol. The second kappa shape index (κ2) is 5.77. The maximum absolute atomic E-state index is 12.4. The van der Waals surface area contributed by atoms with Crippen LogP contribution in [0.15, 0.2) is 30.3 Å². The van der Waals surface area contributed by atoms with Crippen LogP contribution in [0.2, 0.25) is 0 Å². The minimum atomic E-state index is -0.318. The van der Waals surface area contributed by atoms with Crippen LogP contribution in [0.4, 0.5) is 10.8 Å². The molecule has 1 unspecified atom stereocenters. The number of amides is 2. The van der Waals surface area contributed by atoms with E-state index in [-0.39, 0.29) is 24.2 Å². The van der Waals surface area contributed by atoms with Crippen LogP contribution < -0.4 is 10.2 Å². The molecular weight excluding hydrogens is 310 g/mol. The number of para-hydroxylation sites is 1. The van der Waals surface area contributed by atoms with E-state index in [4.69, 9.17) is 0 Å². The van der Waals surface area contributed by atoms with Crippen LogP contribution in [0.3, 0.4) is 0 Å². The number of rotatable bonds is 3. The molecule has 1 aliphatic carbocycles. The van der Waals surface area contributed by atoms with Gasteiger partial charge < -0.3 is 10.2 Å². The third-order valence-electron chi connectivity index (χ3n) is 4.39. The molecule has 1 aliphatic heterocycles. The number of fused-ring (bicyclic) bond motifs is 1. The first-order valence-electron chi connectivity index (χ1n) is 7.85. The first-order valence-corrected chi connectivity index (χ1v) is 8.67. The zero-order valence-corrected chi connectivity index (χ0v) is 13.4. The van der Waals surface area contributed by atoms with Crippen molar-refractivity contribution in [3.8, 4) is 0 Å². The Morgan fingerprint density at radius 3 is 2.87 bits per heavy atom. The molecule has 0 bridgehead atoms. The fraction of sp³-hybridized carbons (Fsp3) is 0.353. The Morgan fingerprint density at radius 2 is 2.09 bits per heavy atom. The van der Waals surface area contributed by atoms with E-state index in [2.05, 4.69) is 10.3 Å². The zero-order chi connectivity index (χ0) is 15.8. The molecule has 1 aromatic heterocycles. The van der Waals surface area contributed by atoms with Crippen molar-refractivity contribution >= 4 is 34.0 Å². The number of anilines is 2. The topological polar surface area (TPSA) is 62.3 Å². The van der Waals surface area contributed by atoms with E-state index in [0.29, 0.717) is 11.7 Å². The van der Waals surface area contributed by atoms with Gasteiger partial charge in [0.15, 0.2) is 5.13 Å². The molecule has 1 atom stereocenters. The summed E-state index contributed by atoms with van der Waals surface area (Å²) in [7, 11) is 0. The summed E-state index contributed by atoms with van der Waals surface area (Å²) in [5.41, 5.74) is 1.97. The van der Waals surface area contributed by atoms with Gasteiger partial charge in [-0.2, -0.15) is 0 Å². The van der Waals surface area contributed by atoms with Crippen molar-refractivity contribution in [2.75, 3.05) is 16.8 Å². The molecule has 5 nitrogen and oxygen atoms in total. The highest BCUT2D eigenvalue weighted by atomic mass is 32.1. The van der Waals surface area contributed by atoms with E-state index in [1.54, 1.807) is 16.2 Å². The van der Waals surface area contributed by atoms with Gasteiger partial charge in [0.1, 0.15) is 0 Å². The summed E-state index contributed by atoms with van der Waals surface area (Å²) in [6.45, 7) is 0.430. The summed E-state index contributed by atoms with van der Waals surface area (Å²) in [6.07, 6.45) is 3.48. The second-order valence-electron chi connectivity index (χ2n) is 5.97. The number of hydrogen-bond donors (Lipinski definition) is 1. The average Bonchev–Trinajstić information content (AvgIpc) is 3.22. The Bertz CT molecular complexity index is 735. The van der Waals surface area contributed by atoms with E-state index < -0.39 is 0 Å². The van der Waals surface area contributed by atoms with E-state index >= 15 is 0 Å². The van der Waals surface area contributed by atoms with Crippen LogP contribution in [0.25, 0.3) is 0 Å². The smallest absolute Gasteiger partial charge is 0.231 e. The Hall–Kier alpha value is -2.21. The van der Waals surface area contributed by atoms with Gasteiger partial charge in [-0.25, -0.2) is 4.98 Å². The predicted molar refractivity (Wildman–Crippen MR) is 89.7 cm³/mol. The molecule has 0 radical (unpaired) electrons. The zero-order valence-electron chi connectivity index (χ0n) is 12.6. The fourth-order valence-corrected chi connectivity index (χ4v) is 4.24. The third-order valence-corrected chi connectivity index (χ3v) is 5.46. The number of nitrogens with one attached hydrogen (secondary N) is 1. The minimum absolute atomic E-state index is 0.00187. The molecule has 4 rings (SSSR count). The standard InChI is InChI=1S/C17H17N3O2S/c21-15-9-11(10-20(15)12-5-2-1-3-6-12)16(22)19-17-18-13-7-4-8-14(13)23-17/h1-3,5-6,11H,4,7-10H2,(H,18,19,22). The number of carbonyl (C=O) groups excluding carboxylic acids is 2. The normalized spacial score (nSPS) is 19.9. The number of benzene rings is 1. The van der Waals surface area contributed by atoms with Crippen molar-refractivity contribution in [3.63, 3.8) is 0 Å². The van der Waals surface area contributed by atoms with Crippen molar-refractivity contribution in [1.29, 1.82) is 0 Å². The van der Waals surface area contributed by atoms with Crippen LogP contribution in [-0.4, -0.2) is 23.3 Å². The van der Waals surface area contributed by atoms with Gasteiger partial charge in [-0.1, -0.05) is 18.2 Å². The first kappa shape index (κ1) is 14.4. The number of aryl methyl sites for hydroxylation is 2. The van der Waals surface area contributed by atoms with Crippen LogP contribution in [0.1, 0.15) is 23.4 Å². The molecule has 1 fully saturated rings. The third kappa shape index (κ3) is 2.74. The van der Waals surface area contributed by atoms with Crippen LogP contribution >= 0.6 is 11.3 Å². The van der Waals surface area contributed by atoms with Gasteiger partial charge in [0, 0.05) is 23.5 Å². The molecule has 6 heteroatoms. The molecule has 118 valence electrons. The van der Waals surface area contributed by atoms with E-state index in [1.807, 2.05) is 30.3 Å². The fourth-order valence-electron chi connectivity index (χ4n) is 3.19. The van der Waals surface area contributed by atoms with Crippen LogP contribution in [0.5, 0.6) is 0 Å². The largest absolute Gasteiger partial charge is 0.312 e. The number of nitrogens with zero attached hydrogens (tertiary/aromatic N) is 2. The second-order valence-corrected chi connectivity index (χ2v) is 7.06. The lowest BCUT2D eigenvalue weighted by Crippen LogP contribution is -2.28. The molecule has 2 heterocycles. The first-order chi connectivity index (χ1) is 11.2. The maximum Gasteiger partial charge on any atom is 0.231 e. The monoisotopic (exact) mass is 327 g/mol. The summed E-state index contributed by atoms with van der Waals surface area (Å²) in [6, 6.07) is 9.49. The minimum Gasteiger partial charge on any atom is -0.312 e. The van der Waals surface area contributed by atoms with Gasteiger partial charge in [0.2, 0.25) is 11.8 Å².